The van der Waals surface area contributed by atoms with Gasteiger partial charge in [0, 0.05) is 12.7 Å². The molecule has 0 aromatic carbocycles. The molecule has 1 aromatic heterocycles. The highest BCUT2D eigenvalue weighted by Gasteiger charge is 2.03. The van der Waals surface area contributed by atoms with E-state index >= 15 is 0 Å². The number of nitrogens with zero attached hydrogens (tertiary/aromatic N) is 2. The van der Waals surface area contributed by atoms with E-state index in [4.69, 9.17) is 12.2 Å². The summed E-state index contributed by atoms with van der Waals surface area (Å²) in [6.45, 7) is 7.26. The Balaban J connectivity index is 2.27. The van der Waals surface area contributed by atoms with Gasteiger partial charge >= 0.3 is 0 Å². The van der Waals surface area contributed by atoms with Gasteiger partial charge in [-0.3, -0.25) is 10.4 Å². The molecule has 0 unspecified atom stereocenters. The smallest absolute Gasteiger partial charge is 0.186 e. The molecule has 5 heteroatoms. The summed E-state index contributed by atoms with van der Waals surface area (Å²) >= 11 is 5.23. The van der Waals surface area contributed by atoms with Gasteiger partial charge in [0.05, 0.1) is 11.4 Å². The highest BCUT2D eigenvalue weighted by molar-refractivity contribution is 7.80. The fourth-order valence-corrected chi connectivity index (χ4v) is 2.05. The summed E-state index contributed by atoms with van der Waals surface area (Å²) in [7, 11) is 0. The normalized spacial score (nSPS) is 12.8. The summed E-state index contributed by atoms with van der Waals surface area (Å²) in [5, 5.41) is 8.02. The Kier molecular flexibility index (Phi) is 8.59. The lowest BCUT2D eigenvalue weighted by Gasteiger charge is -2.13. The molecule has 0 fully saturated rings. The highest BCUT2D eigenvalue weighted by Crippen LogP contribution is 2.07. The summed E-state index contributed by atoms with van der Waals surface area (Å²) < 4.78 is 0. The van der Waals surface area contributed by atoms with Crippen molar-refractivity contribution in [3.63, 3.8) is 0 Å². The standard InChI is InChI=1S/C16H26N4S/c1-4-5-6-9-13(2)12-18-16(21)20-19-14(3)15-10-7-8-11-17-15/h7-8,10-11,13H,4-6,9,12H2,1-3H3,(H2,18,20,21)/b19-14-/t13-/m0/s1. The molecule has 0 spiro atoms. The van der Waals surface area contributed by atoms with Gasteiger partial charge in [0.1, 0.15) is 0 Å². The molecule has 1 atom stereocenters. The maximum Gasteiger partial charge on any atom is 0.186 e. The van der Waals surface area contributed by atoms with Crippen LogP contribution >= 0.6 is 12.2 Å². The number of rotatable bonds is 8. The molecule has 116 valence electrons. The number of hydrogen-bond acceptors (Lipinski definition) is 3. The van der Waals surface area contributed by atoms with Gasteiger partial charge in [0.2, 0.25) is 0 Å². The van der Waals surface area contributed by atoms with Crippen molar-refractivity contribution in [1.29, 1.82) is 0 Å². The van der Waals surface area contributed by atoms with Crippen molar-refractivity contribution in [3.05, 3.63) is 30.1 Å². The molecule has 0 aliphatic heterocycles. The van der Waals surface area contributed by atoms with Gasteiger partial charge in [-0.05, 0) is 43.6 Å². The third kappa shape index (κ3) is 7.75. The molecule has 0 aliphatic carbocycles. The predicted molar refractivity (Wildman–Crippen MR) is 93.5 cm³/mol. The average molecular weight is 306 g/mol. The van der Waals surface area contributed by atoms with Gasteiger partial charge in [-0.1, -0.05) is 39.2 Å². The van der Waals surface area contributed by atoms with Crippen molar-refractivity contribution in [3.8, 4) is 0 Å². The minimum Gasteiger partial charge on any atom is -0.361 e. The van der Waals surface area contributed by atoms with E-state index in [9.17, 15) is 0 Å². The first-order chi connectivity index (χ1) is 10.1. The lowest BCUT2D eigenvalue weighted by molar-refractivity contribution is 0.487. The molecule has 1 aromatic rings. The summed E-state index contributed by atoms with van der Waals surface area (Å²) in [4.78, 5) is 4.24. The number of thiocarbonyl (C=S) groups is 1. The van der Waals surface area contributed by atoms with Crippen LogP contribution in [0.5, 0.6) is 0 Å². The molecule has 21 heavy (non-hydrogen) atoms. The van der Waals surface area contributed by atoms with Crippen LogP contribution in [0.3, 0.4) is 0 Å². The van der Waals surface area contributed by atoms with Crippen molar-refractivity contribution < 1.29 is 0 Å². The first-order valence-corrected chi connectivity index (χ1v) is 8.03. The van der Waals surface area contributed by atoms with Crippen molar-refractivity contribution in [2.45, 2.75) is 46.5 Å². The van der Waals surface area contributed by atoms with E-state index in [1.54, 1.807) is 6.20 Å². The monoisotopic (exact) mass is 306 g/mol. The van der Waals surface area contributed by atoms with E-state index in [1.807, 2.05) is 25.1 Å². The molecule has 1 heterocycles. The Hall–Kier alpha value is -1.49. The van der Waals surface area contributed by atoms with Gasteiger partial charge in [0.25, 0.3) is 0 Å². The first kappa shape index (κ1) is 17.6. The quantitative estimate of drug-likeness (QED) is 0.334. The molecule has 0 bridgehead atoms. The van der Waals surface area contributed by atoms with Gasteiger partial charge in [-0.25, -0.2) is 0 Å². The summed E-state index contributed by atoms with van der Waals surface area (Å²) in [6.07, 6.45) is 6.85. The fraction of sp³-hybridized carbons (Fsp3) is 0.562. The van der Waals surface area contributed by atoms with Crippen LogP contribution in [-0.4, -0.2) is 22.4 Å². The number of aromatic nitrogens is 1. The van der Waals surface area contributed by atoms with Crippen LogP contribution < -0.4 is 10.7 Å². The topological polar surface area (TPSA) is 49.3 Å². The summed E-state index contributed by atoms with van der Waals surface area (Å²) in [5.74, 6) is 0.622. The SMILES string of the molecule is CCCCC[C@H](C)CNC(=S)N/N=C(/C)c1ccccn1. The van der Waals surface area contributed by atoms with E-state index in [0.29, 0.717) is 11.0 Å². The third-order valence-electron chi connectivity index (χ3n) is 3.27. The molecule has 4 nitrogen and oxygen atoms in total. The number of pyridine rings is 1. The van der Waals surface area contributed by atoms with Crippen LogP contribution in [0.2, 0.25) is 0 Å². The van der Waals surface area contributed by atoms with Crippen LogP contribution in [0, 0.1) is 5.92 Å². The van der Waals surface area contributed by atoms with E-state index < -0.39 is 0 Å². The molecule has 0 radical (unpaired) electrons. The van der Waals surface area contributed by atoms with Crippen molar-refractivity contribution in [2.75, 3.05) is 6.54 Å². The Bertz CT molecular complexity index is 445. The Morgan fingerprint density at radius 1 is 1.38 bits per heavy atom. The number of hydrogen-bond donors (Lipinski definition) is 2. The number of nitrogens with one attached hydrogen (secondary N) is 2. The van der Waals surface area contributed by atoms with Crippen LogP contribution in [0.1, 0.15) is 52.1 Å². The average Bonchev–Trinajstić information content (AvgIpc) is 2.51. The van der Waals surface area contributed by atoms with E-state index in [-0.39, 0.29) is 0 Å². The molecule has 0 saturated carbocycles. The zero-order valence-electron chi connectivity index (χ0n) is 13.2. The Labute approximate surface area is 133 Å². The van der Waals surface area contributed by atoms with Crippen LogP contribution in [-0.2, 0) is 0 Å². The second kappa shape index (κ2) is 10.3. The second-order valence-electron chi connectivity index (χ2n) is 5.33. The molecule has 0 saturated heterocycles. The van der Waals surface area contributed by atoms with Gasteiger partial charge in [-0.2, -0.15) is 5.10 Å². The number of unbranched alkanes of at least 4 members (excludes halogenated alkanes) is 2. The van der Waals surface area contributed by atoms with Gasteiger partial charge < -0.3 is 5.32 Å². The van der Waals surface area contributed by atoms with Crippen molar-refractivity contribution in [1.82, 2.24) is 15.7 Å². The van der Waals surface area contributed by atoms with Gasteiger partial charge in [0.15, 0.2) is 5.11 Å². The zero-order valence-corrected chi connectivity index (χ0v) is 14.0. The van der Waals surface area contributed by atoms with Gasteiger partial charge in [-0.15, -0.1) is 0 Å². The van der Waals surface area contributed by atoms with Crippen molar-refractivity contribution >= 4 is 23.0 Å². The lowest BCUT2D eigenvalue weighted by atomic mass is 10.0. The minimum absolute atomic E-state index is 0.563. The Morgan fingerprint density at radius 3 is 2.86 bits per heavy atom. The van der Waals surface area contributed by atoms with E-state index in [2.05, 4.69) is 34.7 Å². The van der Waals surface area contributed by atoms with E-state index in [0.717, 1.165) is 18.0 Å². The summed E-state index contributed by atoms with van der Waals surface area (Å²) in [6, 6.07) is 5.75. The molecule has 1 rings (SSSR count). The van der Waals surface area contributed by atoms with Crippen LogP contribution in [0.15, 0.2) is 29.5 Å². The lowest BCUT2D eigenvalue weighted by Crippen LogP contribution is -2.35. The number of hydrazone groups is 1. The summed E-state index contributed by atoms with van der Waals surface area (Å²) in [5.41, 5.74) is 4.54. The van der Waals surface area contributed by atoms with Crippen molar-refractivity contribution in [2.24, 2.45) is 11.0 Å². The molecular weight excluding hydrogens is 280 g/mol. The maximum absolute atomic E-state index is 5.23. The molecule has 0 aliphatic rings. The zero-order chi connectivity index (χ0) is 15.5. The largest absolute Gasteiger partial charge is 0.361 e. The first-order valence-electron chi connectivity index (χ1n) is 7.63. The molecule has 2 N–H and O–H groups in total. The minimum atomic E-state index is 0.563. The fourth-order valence-electron chi connectivity index (χ4n) is 1.92. The van der Waals surface area contributed by atoms with E-state index in [1.165, 1.54) is 25.7 Å². The second-order valence-corrected chi connectivity index (χ2v) is 5.74. The van der Waals surface area contributed by atoms with Crippen LogP contribution in [0.25, 0.3) is 0 Å². The van der Waals surface area contributed by atoms with Crippen LogP contribution in [0.4, 0.5) is 0 Å². The molecular formula is C16H26N4S. The molecule has 0 amide bonds. The highest BCUT2D eigenvalue weighted by atomic mass is 32.1. The third-order valence-corrected chi connectivity index (χ3v) is 3.51. The predicted octanol–water partition coefficient (Wildman–Crippen LogP) is 3.49. The maximum atomic E-state index is 5.23. The Morgan fingerprint density at radius 2 is 2.19 bits per heavy atom.